The molecule has 1 N–H and O–H groups in total. The number of ether oxygens (including phenoxy) is 1. The average molecular weight is 244 g/mol. The smallest absolute Gasteiger partial charge is 0.0700 e. The van der Waals surface area contributed by atoms with Gasteiger partial charge in [0.1, 0.15) is 0 Å². The molecule has 0 saturated carbocycles. The topological polar surface area (TPSA) is 24.5 Å². The van der Waals surface area contributed by atoms with Gasteiger partial charge in [-0.3, -0.25) is 0 Å². The quantitative estimate of drug-likeness (QED) is 0.604. The van der Waals surface area contributed by atoms with Gasteiger partial charge in [0.15, 0.2) is 0 Å². The van der Waals surface area contributed by atoms with E-state index in [2.05, 4.69) is 44.8 Å². The molecule has 0 heterocycles. The van der Waals surface area contributed by atoms with Crippen LogP contribution in [-0.4, -0.2) is 49.8 Å². The first kappa shape index (κ1) is 16.9. The van der Waals surface area contributed by atoms with Crippen molar-refractivity contribution in [1.29, 1.82) is 0 Å². The number of nitrogens with zero attached hydrogens (tertiary/aromatic N) is 1. The fraction of sp³-hybridized carbons (Fsp3) is 1.00. The molecular weight excluding hydrogens is 212 g/mol. The van der Waals surface area contributed by atoms with Gasteiger partial charge in [0.25, 0.3) is 0 Å². The normalized spacial score (nSPS) is 13.6. The molecule has 0 radical (unpaired) electrons. The fourth-order valence-electron chi connectivity index (χ4n) is 1.82. The number of rotatable bonds is 11. The van der Waals surface area contributed by atoms with E-state index >= 15 is 0 Å². The fourth-order valence-corrected chi connectivity index (χ4v) is 1.82. The average Bonchev–Trinajstić information content (AvgIpc) is 2.31. The Morgan fingerprint density at radius 2 is 1.76 bits per heavy atom. The van der Waals surface area contributed by atoms with E-state index in [1.807, 2.05) is 0 Å². The molecule has 104 valence electrons. The van der Waals surface area contributed by atoms with Crippen molar-refractivity contribution in [2.75, 3.05) is 32.8 Å². The summed E-state index contributed by atoms with van der Waals surface area (Å²) < 4.78 is 5.96. The first-order valence-corrected chi connectivity index (χ1v) is 7.21. The van der Waals surface area contributed by atoms with E-state index in [0.29, 0.717) is 12.1 Å². The molecular formula is C14H32N2O. The Labute approximate surface area is 108 Å². The van der Waals surface area contributed by atoms with Gasteiger partial charge in [-0.05, 0) is 19.5 Å². The zero-order chi connectivity index (χ0) is 13.1. The minimum absolute atomic E-state index is 0.373. The van der Waals surface area contributed by atoms with E-state index < -0.39 is 0 Å². The largest absolute Gasteiger partial charge is 0.376 e. The first-order valence-electron chi connectivity index (χ1n) is 7.21. The van der Waals surface area contributed by atoms with Gasteiger partial charge in [-0.2, -0.15) is 0 Å². The molecule has 0 rings (SSSR count). The second-order valence-electron chi connectivity index (χ2n) is 4.87. The summed E-state index contributed by atoms with van der Waals surface area (Å²) in [6.45, 7) is 16.1. The molecule has 0 aliphatic carbocycles. The highest BCUT2D eigenvalue weighted by Crippen LogP contribution is 2.02. The van der Waals surface area contributed by atoms with E-state index in [-0.39, 0.29) is 0 Å². The van der Waals surface area contributed by atoms with Crippen molar-refractivity contribution in [2.24, 2.45) is 0 Å². The van der Waals surface area contributed by atoms with Crippen LogP contribution in [0, 0.1) is 0 Å². The van der Waals surface area contributed by atoms with Crippen molar-refractivity contribution in [2.45, 2.75) is 59.6 Å². The third-order valence-electron chi connectivity index (χ3n) is 3.02. The summed E-state index contributed by atoms with van der Waals surface area (Å²) in [6.07, 6.45) is 2.71. The van der Waals surface area contributed by atoms with Gasteiger partial charge in [-0.25, -0.2) is 0 Å². The molecule has 1 atom stereocenters. The van der Waals surface area contributed by atoms with Gasteiger partial charge >= 0.3 is 0 Å². The maximum atomic E-state index is 5.96. The Kier molecular flexibility index (Phi) is 10.9. The third-order valence-corrected chi connectivity index (χ3v) is 3.02. The van der Waals surface area contributed by atoms with Crippen molar-refractivity contribution in [3.8, 4) is 0 Å². The van der Waals surface area contributed by atoms with Crippen LogP contribution in [0.25, 0.3) is 0 Å². The molecule has 1 unspecified atom stereocenters. The Hall–Kier alpha value is -0.120. The zero-order valence-electron chi connectivity index (χ0n) is 12.5. The molecule has 17 heavy (non-hydrogen) atoms. The van der Waals surface area contributed by atoms with Crippen LogP contribution in [0.4, 0.5) is 0 Å². The summed E-state index contributed by atoms with van der Waals surface area (Å²) in [4.78, 5) is 2.40. The third kappa shape index (κ3) is 9.57. The second-order valence-corrected chi connectivity index (χ2v) is 4.87. The van der Waals surface area contributed by atoms with Crippen LogP contribution < -0.4 is 5.32 Å². The highest BCUT2D eigenvalue weighted by Gasteiger charge is 2.09. The van der Waals surface area contributed by atoms with Crippen molar-refractivity contribution in [3.63, 3.8) is 0 Å². The lowest BCUT2D eigenvalue weighted by Gasteiger charge is -2.22. The lowest BCUT2D eigenvalue weighted by Crippen LogP contribution is -2.35. The lowest BCUT2D eigenvalue weighted by atomic mass is 10.2. The summed E-state index contributed by atoms with van der Waals surface area (Å²) in [5.41, 5.74) is 0. The van der Waals surface area contributed by atoms with Crippen LogP contribution >= 0.6 is 0 Å². The number of nitrogens with one attached hydrogen (secondary N) is 1. The van der Waals surface area contributed by atoms with Gasteiger partial charge in [-0.1, -0.05) is 41.0 Å². The zero-order valence-corrected chi connectivity index (χ0v) is 12.5. The summed E-state index contributed by atoms with van der Waals surface area (Å²) in [6, 6.07) is 0.542. The summed E-state index contributed by atoms with van der Waals surface area (Å²) >= 11 is 0. The van der Waals surface area contributed by atoms with Gasteiger partial charge in [-0.15, -0.1) is 0 Å². The van der Waals surface area contributed by atoms with Gasteiger partial charge in [0.05, 0.1) is 12.7 Å². The molecule has 0 spiro atoms. The van der Waals surface area contributed by atoms with Crippen LogP contribution in [0.15, 0.2) is 0 Å². The lowest BCUT2D eigenvalue weighted by molar-refractivity contribution is 0.0327. The molecule has 3 heteroatoms. The maximum Gasteiger partial charge on any atom is 0.0700 e. The Balaban J connectivity index is 3.75. The van der Waals surface area contributed by atoms with Crippen molar-refractivity contribution in [1.82, 2.24) is 10.2 Å². The summed E-state index contributed by atoms with van der Waals surface area (Å²) in [5.74, 6) is 0. The van der Waals surface area contributed by atoms with E-state index in [4.69, 9.17) is 4.74 Å². The highest BCUT2D eigenvalue weighted by molar-refractivity contribution is 4.64. The van der Waals surface area contributed by atoms with Crippen molar-refractivity contribution in [3.05, 3.63) is 0 Å². The molecule has 0 aliphatic rings. The number of hydrogen-bond acceptors (Lipinski definition) is 3. The van der Waals surface area contributed by atoms with E-state index in [9.17, 15) is 0 Å². The first-order chi connectivity index (χ1) is 8.13. The van der Waals surface area contributed by atoms with E-state index in [1.54, 1.807) is 0 Å². The van der Waals surface area contributed by atoms with Crippen LogP contribution in [-0.2, 0) is 4.74 Å². The summed E-state index contributed by atoms with van der Waals surface area (Å²) in [5, 5.41) is 3.46. The monoisotopic (exact) mass is 244 g/mol. The van der Waals surface area contributed by atoms with Crippen LogP contribution in [0.3, 0.4) is 0 Å². The van der Waals surface area contributed by atoms with Crippen molar-refractivity contribution >= 4 is 0 Å². The maximum absolute atomic E-state index is 5.96. The molecule has 0 fully saturated rings. The van der Waals surface area contributed by atoms with Crippen molar-refractivity contribution < 1.29 is 4.74 Å². The minimum atomic E-state index is 0.373. The second kappa shape index (κ2) is 11.0. The molecule has 0 aromatic carbocycles. The SMILES string of the molecule is CCCC(CNC(C)C)OCCN(CC)CC. The van der Waals surface area contributed by atoms with E-state index in [0.717, 1.165) is 39.2 Å². The number of hydrogen-bond donors (Lipinski definition) is 1. The molecule has 0 aromatic rings. The molecule has 0 saturated heterocycles. The predicted octanol–water partition coefficient (Wildman–Crippen LogP) is 2.51. The molecule has 0 amide bonds. The van der Waals surface area contributed by atoms with Gasteiger partial charge in [0.2, 0.25) is 0 Å². The van der Waals surface area contributed by atoms with Gasteiger partial charge < -0.3 is 15.0 Å². The molecule has 3 nitrogen and oxygen atoms in total. The number of likely N-dealkylation sites (N-methyl/N-ethyl adjacent to an activating group) is 1. The Morgan fingerprint density at radius 1 is 1.12 bits per heavy atom. The predicted molar refractivity (Wildman–Crippen MR) is 75.6 cm³/mol. The van der Waals surface area contributed by atoms with Crippen LogP contribution in [0.2, 0.25) is 0 Å². The molecule has 0 aromatic heterocycles. The molecule has 0 aliphatic heterocycles. The van der Waals surface area contributed by atoms with Crippen LogP contribution in [0.1, 0.15) is 47.5 Å². The highest BCUT2D eigenvalue weighted by atomic mass is 16.5. The minimum Gasteiger partial charge on any atom is -0.376 e. The Morgan fingerprint density at radius 3 is 2.24 bits per heavy atom. The molecule has 0 bridgehead atoms. The Bertz CT molecular complexity index is 158. The van der Waals surface area contributed by atoms with Gasteiger partial charge in [0, 0.05) is 19.1 Å². The summed E-state index contributed by atoms with van der Waals surface area (Å²) in [7, 11) is 0. The van der Waals surface area contributed by atoms with E-state index in [1.165, 1.54) is 6.42 Å². The van der Waals surface area contributed by atoms with Crippen LogP contribution in [0.5, 0.6) is 0 Å². The standard InChI is InChI=1S/C14H32N2O/c1-6-9-14(12-15-13(4)5)17-11-10-16(7-2)8-3/h13-15H,6-12H2,1-5H3.